The number of amides is 3. The Balaban J connectivity index is 1.28. The lowest BCUT2D eigenvalue weighted by atomic mass is 10.1. The molecule has 0 unspecified atom stereocenters. The Bertz CT molecular complexity index is 1370. The third-order valence-electron chi connectivity index (χ3n) is 6.07. The van der Waals surface area contributed by atoms with Crippen molar-refractivity contribution in [2.75, 3.05) is 36.8 Å². The van der Waals surface area contributed by atoms with Gasteiger partial charge in [0.2, 0.25) is 5.91 Å². The average molecular weight is 556 g/mol. The fraction of sp³-hybridized carbons (Fsp3) is 0.423. The molecule has 1 aliphatic heterocycles. The van der Waals surface area contributed by atoms with Gasteiger partial charge in [0.1, 0.15) is 22.8 Å². The molecular formula is C26H33N7O5S. The Hall–Kier alpha value is -4.13. The molecular weight excluding hydrogens is 522 g/mol. The van der Waals surface area contributed by atoms with Crippen LogP contribution in [0.2, 0.25) is 0 Å². The number of rotatable bonds is 6. The molecule has 0 bridgehead atoms. The molecule has 0 atom stereocenters. The Kier molecular flexibility index (Phi) is 8.09. The van der Waals surface area contributed by atoms with Crippen LogP contribution in [-0.2, 0) is 16.1 Å². The van der Waals surface area contributed by atoms with E-state index in [-0.39, 0.29) is 30.2 Å². The number of phenolic OH excluding ortho intramolecular Hbond substituents is 1. The van der Waals surface area contributed by atoms with Crippen LogP contribution in [0, 0.1) is 13.8 Å². The van der Waals surface area contributed by atoms with E-state index in [4.69, 9.17) is 4.74 Å². The van der Waals surface area contributed by atoms with Crippen molar-refractivity contribution in [3.63, 3.8) is 0 Å². The minimum atomic E-state index is -0.562. The van der Waals surface area contributed by atoms with Crippen LogP contribution in [0.1, 0.15) is 41.6 Å². The molecule has 1 aromatic carbocycles. The van der Waals surface area contributed by atoms with E-state index in [9.17, 15) is 19.5 Å². The van der Waals surface area contributed by atoms with E-state index in [0.29, 0.717) is 53.3 Å². The van der Waals surface area contributed by atoms with E-state index >= 15 is 0 Å². The average Bonchev–Trinajstić information content (AvgIpc) is 3.53. The predicted molar refractivity (Wildman–Crippen MR) is 148 cm³/mol. The summed E-state index contributed by atoms with van der Waals surface area (Å²) in [5.74, 6) is 0.165. The highest BCUT2D eigenvalue weighted by molar-refractivity contribution is 7.17. The molecule has 12 nitrogen and oxygen atoms in total. The number of anilines is 3. The maximum Gasteiger partial charge on any atom is 0.410 e. The Morgan fingerprint density at radius 2 is 1.77 bits per heavy atom. The number of nitrogens with zero attached hydrogens (tertiary/aromatic N) is 5. The Labute approximate surface area is 230 Å². The lowest BCUT2D eigenvalue weighted by Gasteiger charge is -2.35. The molecule has 0 saturated carbocycles. The maximum atomic E-state index is 12.8. The van der Waals surface area contributed by atoms with E-state index in [1.807, 2.05) is 27.7 Å². The number of carbonyl (C=O) groups is 3. The number of aromatic nitrogens is 3. The zero-order chi connectivity index (χ0) is 28.3. The summed E-state index contributed by atoms with van der Waals surface area (Å²) in [6.45, 7) is 10.8. The standard InChI is InChI=1S/C26H33N7O5S/c1-16-6-7-18(34)17(2)22(16)29-23(36)19-14-27-24(39-19)28-20-8-9-33(30-20)15-21(35)31-10-12-32(13-11-31)25(37)38-26(3,4)5/h6-9,14,34H,10-13,15H2,1-5H3,(H,29,36)(H,27,28,30). The molecule has 1 saturated heterocycles. The van der Waals surface area contributed by atoms with Gasteiger partial charge in [0.05, 0.1) is 11.9 Å². The van der Waals surface area contributed by atoms with Crippen LogP contribution in [0.25, 0.3) is 0 Å². The second-order valence-electron chi connectivity index (χ2n) is 10.3. The van der Waals surface area contributed by atoms with E-state index in [1.54, 1.807) is 41.1 Å². The first-order valence-electron chi connectivity index (χ1n) is 12.5. The fourth-order valence-corrected chi connectivity index (χ4v) is 4.69. The molecule has 3 aromatic rings. The summed E-state index contributed by atoms with van der Waals surface area (Å²) in [7, 11) is 0. The Morgan fingerprint density at radius 1 is 1.08 bits per heavy atom. The predicted octanol–water partition coefficient (Wildman–Crippen LogP) is 3.74. The number of hydrogen-bond donors (Lipinski definition) is 3. The molecule has 2 aromatic heterocycles. The summed E-state index contributed by atoms with van der Waals surface area (Å²) in [6.07, 6.45) is 2.78. The van der Waals surface area contributed by atoms with Gasteiger partial charge in [0.15, 0.2) is 10.9 Å². The van der Waals surface area contributed by atoms with Crippen LogP contribution in [0.3, 0.4) is 0 Å². The van der Waals surface area contributed by atoms with Gasteiger partial charge in [0, 0.05) is 44.0 Å². The lowest BCUT2D eigenvalue weighted by molar-refractivity contribution is -0.133. The number of carbonyl (C=O) groups excluding carboxylic acids is 3. The number of benzene rings is 1. The Morgan fingerprint density at radius 3 is 2.46 bits per heavy atom. The molecule has 1 fully saturated rings. The van der Waals surface area contributed by atoms with Gasteiger partial charge < -0.3 is 30.3 Å². The van der Waals surface area contributed by atoms with Crippen molar-refractivity contribution in [3.8, 4) is 5.75 Å². The van der Waals surface area contributed by atoms with E-state index in [1.165, 1.54) is 10.9 Å². The molecule has 208 valence electrons. The summed E-state index contributed by atoms with van der Waals surface area (Å²) in [4.78, 5) is 45.7. The smallest absolute Gasteiger partial charge is 0.410 e. The molecule has 0 spiro atoms. The number of hydrogen-bond acceptors (Lipinski definition) is 9. The normalized spacial score (nSPS) is 13.8. The third-order valence-corrected chi connectivity index (χ3v) is 6.98. The zero-order valence-electron chi connectivity index (χ0n) is 22.6. The van der Waals surface area contributed by atoms with Gasteiger partial charge in [-0.05, 0) is 46.2 Å². The first-order valence-corrected chi connectivity index (χ1v) is 13.3. The summed E-state index contributed by atoms with van der Waals surface area (Å²) in [5, 5.41) is 20.7. The van der Waals surface area contributed by atoms with Crippen molar-refractivity contribution < 1.29 is 24.2 Å². The lowest BCUT2D eigenvalue weighted by Crippen LogP contribution is -2.52. The first kappa shape index (κ1) is 27.9. The maximum absolute atomic E-state index is 12.8. The van der Waals surface area contributed by atoms with Gasteiger partial charge in [-0.1, -0.05) is 17.4 Å². The summed E-state index contributed by atoms with van der Waals surface area (Å²) in [5.41, 5.74) is 1.44. The summed E-state index contributed by atoms with van der Waals surface area (Å²) in [6, 6.07) is 5.05. The highest BCUT2D eigenvalue weighted by Crippen LogP contribution is 2.29. The van der Waals surface area contributed by atoms with E-state index < -0.39 is 5.60 Å². The summed E-state index contributed by atoms with van der Waals surface area (Å²) >= 11 is 1.16. The van der Waals surface area contributed by atoms with Crippen molar-refractivity contribution in [2.24, 2.45) is 0 Å². The number of aromatic hydroxyl groups is 1. The zero-order valence-corrected chi connectivity index (χ0v) is 23.5. The number of nitrogens with one attached hydrogen (secondary N) is 2. The molecule has 0 radical (unpaired) electrons. The van der Waals surface area contributed by atoms with Crippen LogP contribution >= 0.6 is 11.3 Å². The van der Waals surface area contributed by atoms with Crippen LogP contribution in [0.5, 0.6) is 5.75 Å². The minimum Gasteiger partial charge on any atom is -0.508 e. The van der Waals surface area contributed by atoms with Crippen LogP contribution < -0.4 is 10.6 Å². The van der Waals surface area contributed by atoms with Crippen LogP contribution in [0.15, 0.2) is 30.6 Å². The van der Waals surface area contributed by atoms with E-state index in [0.717, 1.165) is 16.9 Å². The molecule has 3 N–H and O–H groups in total. The molecule has 3 amide bonds. The number of ether oxygens (including phenoxy) is 1. The quantitative estimate of drug-likeness (QED) is 0.418. The highest BCUT2D eigenvalue weighted by atomic mass is 32.1. The second kappa shape index (κ2) is 11.3. The van der Waals surface area contributed by atoms with Gasteiger partial charge in [-0.15, -0.1) is 0 Å². The largest absolute Gasteiger partial charge is 0.508 e. The van der Waals surface area contributed by atoms with Crippen LogP contribution in [-0.4, -0.2) is 79.4 Å². The van der Waals surface area contributed by atoms with Crippen molar-refractivity contribution in [1.82, 2.24) is 24.6 Å². The van der Waals surface area contributed by atoms with Gasteiger partial charge in [-0.3, -0.25) is 14.3 Å². The van der Waals surface area contributed by atoms with Gasteiger partial charge >= 0.3 is 6.09 Å². The molecule has 0 aliphatic carbocycles. The fourth-order valence-electron chi connectivity index (χ4n) is 3.97. The van der Waals surface area contributed by atoms with E-state index in [2.05, 4.69) is 20.7 Å². The van der Waals surface area contributed by atoms with Gasteiger partial charge in [-0.25, -0.2) is 9.78 Å². The monoisotopic (exact) mass is 555 g/mol. The van der Waals surface area contributed by atoms with Gasteiger partial charge in [0.25, 0.3) is 5.91 Å². The number of piperazine rings is 1. The number of aryl methyl sites for hydroxylation is 1. The SMILES string of the molecule is Cc1ccc(O)c(C)c1NC(=O)c1cnc(Nc2ccn(CC(=O)N3CCN(C(=O)OC(C)(C)C)CC3)n2)s1. The van der Waals surface area contributed by atoms with Crippen molar-refractivity contribution in [1.29, 1.82) is 0 Å². The van der Waals surface area contributed by atoms with Gasteiger partial charge in [-0.2, -0.15) is 5.10 Å². The number of thiazole rings is 1. The first-order chi connectivity index (χ1) is 18.4. The highest BCUT2D eigenvalue weighted by Gasteiger charge is 2.27. The third kappa shape index (κ3) is 7.05. The number of phenols is 1. The van der Waals surface area contributed by atoms with Crippen LogP contribution in [0.4, 0.5) is 21.4 Å². The molecule has 4 rings (SSSR count). The summed E-state index contributed by atoms with van der Waals surface area (Å²) < 4.78 is 6.93. The van der Waals surface area contributed by atoms with Crippen molar-refractivity contribution in [2.45, 2.75) is 46.8 Å². The molecule has 3 heterocycles. The molecule has 13 heteroatoms. The van der Waals surface area contributed by atoms with Crippen molar-refractivity contribution >= 4 is 45.9 Å². The second-order valence-corrected chi connectivity index (χ2v) is 11.3. The molecule has 39 heavy (non-hydrogen) atoms. The molecule has 1 aliphatic rings. The topological polar surface area (TPSA) is 142 Å². The van der Waals surface area contributed by atoms with Crippen molar-refractivity contribution in [3.05, 3.63) is 46.6 Å². The minimum absolute atomic E-state index is 0.0578.